The van der Waals surface area contributed by atoms with Gasteiger partial charge in [-0.1, -0.05) is 45.0 Å². The van der Waals surface area contributed by atoms with Crippen molar-refractivity contribution in [3.8, 4) is 0 Å². The molecule has 0 heterocycles. The standard InChI is InChI=1S/C13H18O/c1-13(2,3)12-10-7-5-4-6-9(10)8-11(12)14/h4-7,11-12,14H,8H2,1-3H3/t11-,12+/m1/s1. The van der Waals surface area contributed by atoms with Crippen LogP contribution >= 0.6 is 0 Å². The maximum atomic E-state index is 10.0. The minimum absolute atomic E-state index is 0.145. The second-order valence-corrected chi connectivity index (χ2v) is 5.31. The Kier molecular flexibility index (Phi) is 2.15. The average molecular weight is 190 g/mol. The van der Waals surface area contributed by atoms with Gasteiger partial charge in [0.1, 0.15) is 0 Å². The number of aliphatic hydroxyl groups excluding tert-OH is 1. The van der Waals surface area contributed by atoms with Crippen molar-refractivity contribution in [3.05, 3.63) is 35.4 Å². The van der Waals surface area contributed by atoms with Crippen molar-refractivity contribution in [1.29, 1.82) is 0 Å². The zero-order valence-corrected chi connectivity index (χ0v) is 9.12. The van der Waals surface area contributed by atoms with Crippen LogP contribution in [-0.4, -0.2) is 11.2 Å². The van der Waals surface area contributed by atoms with Crippen LogP contribution in [0, 0.1) is 5.41 Å². The van der Waals surface area contributed by atoms with Gasteiger partial charge in [0, 0.05) is 5.92 Å². The van der Waals surface area contributed by atoms with Gasteiger partial charge in [0.25, 0.3) is 0 Å². The first-order valence-electron chi connectivity index (χ1n) is 5.26. The summed E-state index contributed by atoms with van der Waals surface area (Å²) in [5.41, 5.74) is 2.80. The van der Waals surface area contributed by atoms with Gasteiger partial charge in [0.05, 0.1) is 6.10 Å². The molecule has 0 bridgehead atoms. The summed E-state index contributed by atoms with van der Waals surface area (Å²) in [6, 6.07) is 8.40. The lowest BCUT2D eigenvalue weighted by Crippen LogP contribution is -2.26. The third kappa shape index (κ3) is 1.46. The van der Waals surface area contributed by atoms with E-state index in [4.69, 9.17) is 0 Å². The van der Waals surface area contributed by atoms with Crippen LogP contribution in [0.4, 0.5) is 0 Å². The molecule has 1 aliphatic rings. The second kappa shape index (κ2) is 3.09. The number of hydrogen-bond donors (Lipinski definition) is 1. The van der Waals surface area contributed by atoms with Crippen molar-refractivity contribution < 1.29 is 5.11 Å². The molecule has 0 amide bonds. The Hall–Kier alpha value is -0.820. The fraction of sp³-hybridized carbons (Fsp3) is 0.538. The number of benzene rings is 1. The van der Waals surface area contributed by atoms with E-state index in [1.165, 1.54) is 11.1 Å². The van der Waals surface area contributed by atoms with E-state index < -0.39 is 0 Å². The molecular formula is C13H18O. The zero-order chi connectivity index (χ0) is 10.3. The molecular weight excluding hydrogens is 172 g/mol. The highest BCUT2D eigenvalue weighted by molar-refractivity contribution is 5.38. The first kappa shape index (κ1) is 9.72. The van der Waals surface area contributed by atoms with E-state index in [0.717, 1.165) is 6.42 Å². The molecule has 0 fully saturated rings. The van der Waals surface area contributed by atoms with E-state index >= 15 is 0 Å². The predicted molar refractivity (Wildman–Crippen MR) is 58.3 cm³/mol. The van der Waals surface area contributed by atoms with Crippen LogP contribution in [0.5, 0.6) is 0 Å². The Labute approximate surface area is 85.8 Å². The Bertz CT molecular complexity index is 335. The number of rotatable bonds is 0. The van der Waals surface area contributed by atoms with Crippen molar-refractivity contribution in [2.45, 2.75) is 39.2 Å². The monoisotopic (exact) mass is 190 g/mol. The molecule has 1 aromatic rings. The van der Waals surface area contributed by atoms with Crippen LogP contribution in [0.1, 0.15) is 37.8 Å². The molecule has 1 aromatic carbocycles. The summed E-state index contributed by atoms with van der Waals surface area (Å²) < 4.78 is 0. The van der Waals surface area contributed by atoms with Crippen LogP contribution in [-0.2, 0) is 6.42 Å². The lowest BCUT2D eigenvalue weighted by Gasteiger charge is -2.30. The lowest BCUT2D eigenvalue weighted by molar-refractivity contribution is 0.104. The topological polar surface area (TPSA) is 20.2 Å². The molecule has 14 heavy (non-hydrogen) atoms. The third-order valence-corrected chi connectivity index (χ3v) is 3.14. The minimum atomic E-state index is -0.201. The third-order valence-electron chi connectivity index (χ3n) is 3.14. The van der Waals surface area contributed by atoms with E-state index in [-0.39, 0.29) is 11.5 Å². The molecule has 1 nitrogen and oxygen atoms in total. The van der Waals surface area contributed by atoms with E-state index in [0.29, 0.717) is 5.92 Å². The van der Waals surface area contributed by atoms with Gasteiger partial charge in [0.15, 0.2) is 0 Å². The van der Waals surface area contributed by atoms with Gasteiger partial charge in [0.2, 0.25) is 0 Å². The first-order chi connectivity index (χ1) is 6.50. The van der Waals surface area contributed by atoms with Crippen LogP contribution in [0.2, 0.25) is 0 Å². The van der Waals surface area contributed by atoms with E-state index in [1.54, 1.807) is 0 Å². The van der Waals surface area contributed by atoms with Crippen molar-refractivity contribution in [3.63, 3.8) is 0 Å². The van der Waals surface area contributed by atoms with Crippen LogP contribution in [0.3, 0.4) is 0 Å². The molecule has 0 spiro atoms. The van der Waals surface area contributed by atoms with Gasteiger partial charge in [-0.15, -0.1) is 0 Å². The Morgan fingerprint density at radius 2 is 1.86 bits per heavy atom. The fourth-order valence-corrected chi connectivity index (χ4v) is 2.62. The molecule has 0 aromatic heterocycles. The highest BCUT2D eigenvalue weighted by atomic mass is 16.3. The van der Waals surface area contributed by atoms with E-state index in [9.17, 15) is 5.11 Å². The van der Waals surface area contributed by atoms with Crippen molar-refractivity contribution >= 4 is 0 Å². The summed E-state index contributed by atoms with van der Waals surface area (Å²) in [6.45, 7) is 6.59. The summed E-state index contributed by atoms with van der Waals surface area (Å²) in [4.78, 5) is 0. The summed E-state index contributed by atoms with van der Waals surface area (Å²) in [7, 11) is 0. The molecule has 0 aliphatic heterocycles. The minimum Gasteiger partial charge on any atom is -0.392 e. The highest BCUT2D eigenvalue weighted by Gasteiger charge is 2.38. The van der Waals surface area contributed by atoms with Gasteiger partial charge in [-0.2, -0.15) is 0 Å². The van der Waals surface area contributed by atoms with Crippen molar-refractivity contribution in [1.82, 2.24) is 0 Å². The summed E-state index contributed by atoms with van der Waals surface area (Å²) >= 11 is 0. The van der Waals surface area contributed by atoms with E-state index in [1.807, 2.05) is 0 Å². The Morgan fingerprint density at radius 1 is 1.21 bits per heavy atom. The molecule has 1 heteroatoms. The first-order valence-corrected chi connectivity index (χ1v) is 5.26. The van der Waals surface area contributed by atoms with Gasteiger partial charge in [-0.25, -0.2) is 0 Å². The quantitative estimate of drug-likeness (QED) is 0.667. The molecule has 0 unspecified atom stereocenters. The largest absolute Gasteiger partial charge is 0.392 e. The summed E-state index contributed by atoms with van der Waals surface area (Å²) in [5, 5.41) is 10.0. The molecule has 76 valence electrons. The summed E-state index contributed by atoms with van der Waals surface area (Å²) in [6.07, 6.45) is 0.616. The van der Waals surface area contributed by atoms with Crippen molar-refractivity contribution in [2.75, 3.05) is 0 Å². The maximum absolute atomic E-state index is 10.0. The number of aliphatic hydroxyl groups is 1. The Balaban J connectivity index is 2.45. The van der Waals surface area contributed by atoms with E-state index in [2.05, 4.69) is 45.0 Å². The number of hydrogen-bond acceptors (Lipinski definition) is 1. The van der Waals surface area contributed by atoms with Crippen LogP contribution in [0.25, 0.3) is 0 Å². The van der Waals surface area contributed by atoms with Gasteiger partial charge in [-0.3, -0.25) is 0 Å². The molecule has 0 saturated carbocycles. The van der Waals surface area contributed by atoms with Gasteiger partial charge >= 0.3 is 0 Å². The lowest BCUT2D eigenvalue weighted by atomic mass is 9.76. The smallest absolute Gasteiger partial charge is 0.0654 e. The number of fused-ring (bicyclic) bond motifs is 1. The van der Waals surface area contributed by atoms with Crippen molar-refractivity contribution in [2.24, 2.45) is 5.41 Å². The normalized spacial score (nSPS) is 26.3. The molecule has 1 N–H and O–H groups in total. The molecule has 2 rings (SSSR count). The highest BCUT2D eigenvalue weighted by Crippen LogP contribution is 2.44. The molecule has 0 radical (unpaired) electrons. The van der Waals surface area contributed by atoms with Gasteiger partial charge < -0.3 is 5.11 Å². The second-order valence-electron chi connectivity index (χ2n) is 5.31. The molecule has 0 saturated heterocycles. The predicted octanol–water partition coefficient (Wildman–Crippen LogP) is 2.73. The average Bonchev–Trinajstić information content (AvgIpc) is 2.38. The SMILES string of the molecule is CC(C)(C)[C@H]1c2ccccc2C[C@H]1O. The van der Waals surface area contributed by atoms with Gasteiger partial charge in [-0.05, 0) is 23.0 Å². The Morgan fingerprint density at radius 3 is 2.50 bits per heavy atom. The van der Waals surface area contributed by atoms with Crippen LogP contribution in [0.15, 0.2) is 24.3 Å². The maximum Gasteiger partial charge on any atom is 0.0654 e. The molecule has 1 aliphatic carbocycles. The molecule has 2 atom stereocenters. The zero-order valence-electron chi connectivity index (χ0n) is 9.12. The van der Waals surface area contributed by atoms with Crippen LogP contribution < -0.4 is 0 Å². The summed E-state index contributed by atoms with van der Waals surface area (Å²) in [5.74, 6) is 0.290. The fourth-order valence-electron chi connectivity index (χ4n) is 2.62.